The van der Waals surface area contributed by atoms with Gasteiger partial charge < -0.3 is 5.43 Å². The van der Waals surface area contributed by atoms with Crippen molar-refractivity contribution >= 4 is 15.7 Å². The summed E-state index contributed by atoms with van der Waals surface area (Å²) in [5.74, 6) is 5.38. The van der Waals surface area contributed by atoms with E-state index in [1.54, 1.807) is 6.92 Å². The minimum Gasteiger partial charge on any atom is -0.307 e. The van der Waals surface area contributed by atoms with Crippen LogP contribution in [0.2, 0.25) is 0 Å². The monoisotopic (exact) mass is 202 g/mol. The number of rotatable bonds is 3. The molecule has 0 saturated carbocycles. The van der Waals surface area contributed by atoms with Gasteiger partial charge >= 0.3 is 0 Å². The largest absolute Gasteiger partial charge is 0.307 e. The number of aromatic nitrogens is 2. The molecule has 1 heterocycles. The number of nitrogens with zero attached hydrogens (tertiary/aromatic N) is 2. The highest BCUT2D eigenvalue weighted by molar-refractivity contribution is 7.91. The molecule has 0 aliphatic heterocycles. The van der Waals surface area contributed by atoms with Gasteiger partial charge in [0.1, 0.15) is 0 Å². The molecule has 13 heavy (non-hydrogen) atoms. The van der Waals surface area contributed by atoms with E-state index in [9.17, 15) is 8.42 Å². The Bertz CT molecular complexity index is 372. The van der Waals surface area contributed by atoms with Gasteiger partial charge in [-0.05, 0) is 12.1 Å². The number of hydrogen-bond donors (Lipinski definition) is 2. The normalized spacial score (nSPS) is 11.2. The lowest BCUT2D eigenvalue weighted by molar-refractivity contribution is 0.591. The van der Waals surface area contributed by atoms with Crippen LogP contribution in [-0.4, -0.2) is 24.4 Å². The van der Waals surface area contributed by atoms with E-state index in [-0.39, 0.29) is 10.8 Å². The van der Waals surface area contributed by atoms with Crippen LogP contribution in [0.1, 0.15) is 6.92 Å². The highest BCUT2D eigenvalue weighted by Crippen LogP contribution is 2.07. The third kappa shape index (κ3) is 2.13. The van der Waals surface area contributed by atoms with Gasteiger partial charge in [-0.1, -0.05) is 6.92 Å². The summed E-state index contributed by atoms with van der Waals surface area (Å²) >= 11 is 0. The number of anilines is 1. The minimum absolute atomic E-state index is 0.0110. The summed E-state index contributed by atoms with van der Waals surface area (Å²) in [6.07, 6.45) is 0. The third-order valence-corrected chi connectivity index (χ3v) is 3.10. The van der Waals surface area contributed by atoms with Crippen molar-refractivity contribution in [3.8, 4) is 0 Å². The summed E-state index contributed by atoms with van der Waals surface area (Å²) < 4.78 is 22.5. The maximum absolute atomic E-state index is 11.2. The van der Waals surface area contributed by atoms with E-state index in [0.717, 1.165) is 0 Å². The van der Waals surface area contributed by atoms with Gasteiger partial charge in [0.2, 0.25) is 0 Å². The maximum atomic E-state index is 11.2. The van der Waals surface area contributed by atoms with Crippen LogP contribution in [0.5, 0.6) is 0 Å². The van der Waals surface area contributed by atoms with Gasteiger partial charge in [0.05, 0.1) is 5.75 Å². The van der Waals surface area contributed by atoms with E-state index in [0.29, 0.717) is 5.82 Å². The van der Waals surface area contributed by atoms with Crippen molar-refractivity contribution in [1.29, 1.82) is 0 Å². The van der Waals surface area contributed by atoms with Crippen molar-refractivity contribution in [2.45, 2.75) is 11.9 Å². The van der Waals surface area contributed by atoms with Gasteiger partial charge in [0.15, 0.2) is 20.7 Å². The van der Waals surface area contributed by atoms with Crippen LogP contribution >= 0.6 is 0 Å². The molecule has 0 aliphatic rings. The summed E-state index contributed by atoms with van der Waals surface area (Å²) in [4.78, 5) is 0. The molecular weight excluding hydrogens is 192 g/mol. The van der Waals surface area contributed by atoms with Crippen molar-refractivity contribution in [1.82, 2.24) is 10.2 Å². The fourth-order valence-corrected chi connectivity index (χ4v) is 1.45. The number of sulfone groups is 1. The Kier molecular flexibility index (Phi) is 2.79. The van der Waals surface area contributed by atoms with Crippen molar-refractivity contribution in [3.63, 3.8) is 0 Å². The van der Waals surface area contributed by atoms with Crippen LogP contribution in [0.4, 0.5) is 5.82 Å². The van der Waals surface area contributed by atoms with Gasteiger partial charge in [0.25, 0.3) is 0 Å². The zero-order valence-corrected chi connectivity index (χ0v) is 7.87. The average molecular weight is 202 g/mol. The van der Waals surface area contributed by atoms with Crippen molar-refractivity contribution in [2.75, 3.05) is 11.2 Å². The molecule has 0 saturated heterocycles. The molecule has 0 fully saturated rings. The van der Waals surface area contributed by atoms with E-state index in [1.807, 2.05) is 0 Å². The van der Waals surface area contributed by atoms with Crippen molar-refractivity contribution in [2.24, 2.45) is 5.84 Å². The standard InChI is InChI=1S/C6H10N4O2S/c1-2-13(11,12)6-4-3-5(8-7)9-10-6/h3-4H,2,7H2,1H3,(H,8,9). The third-order valence-electron chi connectivity index (χ3n) is 1.49. The zero-order valence-electron chi connectivity index (χ0n) is 7.06. The molecule has 0 bridgehead atoms. The van der Waals surface area contributed by atoms with Crippen LogP contribution in [-0.2, 0) is 9.84 Å². The maximum Gasteiger partial charge on any atom is 0.197 e. The second-order valence-electron chi connectivity index (χ2n) is 2.30. The number of hydrazine groups is 1. The molecule has 0 amide bonds. The summed E-state index contributed by atoms with van der Waals surface area (Å²) in [5.41, 5.74) is 2.26. The summed E-state index contributed by atoms with van der Waals surface area (Å²) in [5, 5.41) is 7.02. The predicted molar refractivity (Wildman–Crippen MR) is 47.6 cm³/mol. The lowest BCUT2D eigenvalue weighted by Gasteiger charge is -2.00. The fourth-order valence-electron chi connectivity index (χ4n) is 0.711. The van der Waals surface area contributed by atoms with Gasteiger partial charge in [-0.25, -0.2) is 14.3 Å². The number of nitrogen functional groups attached to an aromatic ring is 1. The highest BCUT2D eigenvalue weighted by atomic mass is 32.2. The Hall–Kier alpha value is -1.21. The smallest absolute Gasteiger partial charge is 0.197 e. The quantitative estimate of drug-likeness (QED) is 0.509. The molecule has 6 nitrogen and oxygen atoms in total. The van der Waals surface area contributed by atoms with E-state index in [1.165, 1.54) is 12.1 Å². The Morgan fingerprint density at radius 2 is 2.15 bits per heavy atom. The Morgan fingerprint density at radius 3 is 2.54 bits per heavy atom. The van der Waals surface area contributed by atoms with Gasteiger partial charge in [-0.3, -0.25) is 0 Å². The van der Waals surface area contributed by atoms with E-state index in [2.05, 4.69) is 15.6 Å². The second kappa shape index (κ2) is 3.67. The Labute approximate surface area is 76.1 Å². The van der Waals surface area contributed by atoms with Crippen LogP contribution < -0.4 is 11.3 Å². The summed E-state index contributed by atoms with van der Waals surface area (Å²) in [7, 11) is -3.27. The lowest BCUT2D eigenvalue weighted by Crippen LogP contribution is -2.12. The minimum atomic E-state index is -3.27. The molecule has 72 valence electrons. The highest BCUT2D eigenvalue weighted by Gasteiger charge is 2.13. The number of nitrogens with two attached hydrogens (primary N) is 1. The van der Waals surface area contributed by atoms with Crippen LogP contribution in [0.3, 0.4) is 0 Å². The molecule has 0 atom stereocenters. The molecule has 7 heteroatoms. The van der Waals surface area contributed by atoms with E-state index in [4.69, 9.17) is 5.84 Å². The van der Waals surface area contributed by atoms with Crippen LogP contribution in [0.15, 0.2) is 17.2 Å². The van der Waals surface area contributed by atoms with Gasteiger partial charge in [-0.15, -0.1) is 10.2 Å². The molecule has 3 N–H and O–H groups in total. The van der Waals surface area contributed by atoms with E-state index < -0.39 is 9.84 Å². The summed E-state index contributed by atoms with van der Waals surface area (Å²) in [6.45, 7) is 1.55. The number of hydrogen-bond acceptors (Lipinski definition) is 6. The SMILES string of the molecule is CCS(=O)(=O)c1ccc(NN)nn1. The van der Waals surface area contributed by atoms with Gasteiger partial charge in [-0.2, -0.15) is 0 Å². The molecular formula is C6H10N4O2S. The van der Waals surface area contributed by atoms with Gasteiger partial charge in [0, 0.05) is 0 Å². The van der Waals surface area contributed by atoms with Crippen LogP contribution in [0.25, 0.3) is 0 Å². The van der Waals surface area contributed by atoms with Crippen molar-refractivity contribution in [3.05, 3.63) is 12.1 Å². The zero-order chi connectivity index (χ0) is 9.90. The molecule has 0 aromatic carbocycles. The second-order valence-corrected chi connectivity index (χ2v) is 4.53. The topological polar surface area (TPSA) is 98.0 Å². The molecule has 0 aliphatic carbocycles. The first kappa shape index (κ1) is 9.87. The predicted octanol–water partition coefficient (Wildman–Crippen LogP) is -0.444. The van der Waals surface area contributed by atoms with E-state index >= 15 is 0 Å². The number of nitrogens with one attached hydrogen (secondary N) is 1. The first-order chi connectivity index (χ1) is 6.10. The average Bonchev–Trinajstić information content (AvgIpc) is 2.18. The summed E-state index contributed by atoms with van der Waals surface area (Å²) in [6, 6.07) is 2.82. The molecule has 1 aromatic rings. The molecule has 1 rings (SSSR count). The first-order valence-electron chi connectivity index (χ1n) is 3.63. The molecule has 0 unspecified atom stereocenters. The molecule has 0 radical (unpaired) electrons. The molecule has 0 spiro atoms. The fraction of sp³-hybridized carbons (Fsp3) is 0.333. The Balaban J connectivity index is 3.06. The van der Waals surface area contributed by atoms with Crippen LogP contribution in [0, 0.1) is 0 Å². The Morgan fingerprint density at radius 1 is 1.46 bits per heavy atom. The molecule has 1 aromatic heterocycles. The van der Waals surface area contributed by atoms with Crippen molar-refractivity contribution < 1.29 is 8.42 Å². The first-order valence-corrected chi connectivity index (χ1v) is 5.28. The lowest BCUT2D eigenvalue weighted by atomic mass is 10.5.